The van der Waals surface area contributed by atoms with Crippen LogP contribution in [0.4, 0.5) is 63.9 Å². The topological polar surface area (TPSA) is 280 Å². The molecule has 3 aliphatic heterocycles. The number of anilines is 11. The normalized spacial score (nSPS) is 14.5. The molecule has 0 aliphatic carbocycles. The van der Waals surface area contributed by atoms with Gasteiger partial charge in [-0.25, -0.2) is 54.8 Å². The molecule has 0 saturated carbocycles. The van der Waals surface area contributed by atoms with Crippen LogP contribution in [0.25, 0.3) is 32.7 Å². The second-order valence-corrected chi connectivity index (χ2v) is 24.5. The molecule has 6 aromatic carbocycles. The Morgan fingerprint density at radius 2 is 0.775 bits per heavy atom. The highest BCUT2D eigenvalue weighted by Crippen LogP contribution is 2.39. The monoisotopic (exact) mass is 1370 g/mol. The molecule has 3 saturated heterocycles. The van der Waals surface area contributed by atoms with Crippen molar-refractivity contribution in [3.05, 3.63) is 188 Å². The summed E-state index contributed by atoms with van der Waals surface area (Å²) in [6.45, 7) is 12.9. The lowest BCUT2D eigenvalue weighted by atomic mass is 10.1. The molecule has 522 valence electrons. The zero-order chi connectivity index (χ0) is 70.5. The van der Waals surface area contributed by atoms with E-state index in [1.807, 2.05) is 128 Å². The minimum atomic E-state index is 0.201. The fourth-order valence-corrected chi connectivity index (χ4v) is 12.6. The maximum Gasteiger partial charge on any atom is 0.227 e. The van der Waals surface area contributed by atoms with E-state index >= 15 is 0 Å². The largest absolute Gasteiger partial charge is 0.493 e. The van der Waals surface area contributed by atoms with Crippen LogP contribution < -0.4 is 74.2 Å². The number of hydrogen-bond donors (Lipinski definition) is 3. The number of rotatable bonds is 18. The Morgan fingerprint density at radius 1 is 0.392 bits per heavy atom. The standard InChI is InChI=1S/3C25H27N7O2/c1-17-4-6-18(7-5-17)30-19-14-26-25(27-15-19)32-10-8-31(9-11-32)24-20-12-22(33-2)23(34-3)13-21(20)28-16-29-24;1-17-15-31(24-20-11-22(33-2)23(34-3)12-21(20)28-16-29-24)9-10-32(17)25-26-13-19(14-27-25)30-18-7-5-4-6-8-18;1-33-21-13-19-20(14-22(21)34-2)28-16-29-24(19)31-8-10-32(11-9-31)25-27-15-18(23(26)30-25)12-17-6-4-3-5-7-17/h4-7,12-16,30H,8-11H2,1-3H3;4-8,11-14,16-17,30H,9-10,15H2,1-3H3;3-7,13-16H,8-12H2,1-2H3,(H2,26,27,30)/t;17-;/m.1./s1. The van der Waals surface area contributed by atoms with Gasteiger partial charge in [-0.3, -0.25) is 0 Å². The van der Waals surface area contributed by atoms with Crippen molar-refractivity contribution in [2.75, 3.05) is 160 Å². The Morgan fingerprint density at radius 3 is 1.22 bits per heavy atom. The highest BCUT2D eigenvalue weighted by atomic mass is 16.5. The van der Waals surface area contributed by atoms with Gasteiger partial charge in [-0.1, -0.05) is 66.2 Å². The highest BCUT2D eigenvalue weighted by Gasteiger charge is 2.29. The molecule has 4 N–H and O–H groups in total. The summed E-state index contributed by atoms with van der Waals surface area (Å²) in [5.41, 5.74) is 15.8. The lowest BCUT2D eigenvalue weighted by molar-refractivity contribution is 0.356. The minimum Gasteiger partial charge on any atom is -0.493 e. The molecule has 0 amide bonds. The summed E-state index contributed by atoms with van der Waals surface area (Å²) in [5.74, 6) is 9.24. The predicted molar refractivity (Wildman–Crippen MR) is 400 cm³/mol. The third-order valence-corrected chi connectivity index (χ3v) is 18.1. The van der Waals surface area contributed by atoms with Crippen molar-refractivity contribution in [2.24, 2.45) is 0 Å². The molecule has 0 radical (unpaired) electrons. The molecule has 6 aromatic heterocycles. The van der Waals surface area contributed by atoms with E-state index in [4.69, 9.17) is 34.2 Å². The Labute approximate surface area is 591 Å². The number of para-hydroxylation sites is 1. The Kier molecular flexibility index (Phi) is 21.1. The zero-order valence-corrected chi connectivity index (χ0v) is 58.3. The smallest absolute Gasteiger partial charge is 0.227 e. The number of aromatic nitrogens is 12. The lowest BCUT2D eigenvalue weighted by Crippen LogP contribution is -2.53. The Balaban J connectivity index is 0.000000137. The Bertz CT molecular complexity index is 4790. The highest BCUT2D eigenvalue weighted by molar-refractivity contribution is 5.94. The molecule has 1 atom stereocenters. The second kappa shape index (κ2) is 31.6. The van der Waals surface area contributed by atoms with Gasteiger partial charge in [0.15, 0.2) is 34.5 Å². The molecule has 27 nitrogen and oxygen atoms in total. The van der Waals surface area contributed by atoms with E-state index < -0.39 is 0 Å². The molecular weight excluding hydrogens is 1290 g/mol. The summed E-state index contributed by atoms with van der Waals surface area (Å²) >= 11 is 0. The van der Waals surface area contributed by atoms with Gasteiger partial charge in [-0.05, 0) is 61.9 Å². The number of nitrogen functional groups attached to an aromatic ring is 1. The van der Waals surface area contributed by atoms with Crippen molar-refractivity contribution in [3.63, 3.8) is 0 Å². The van der Waals surface area contributed by atoms with E-state index in [9.17, 15) is 0 Å². The van der Waals surface area contributed by atoms with Crippen LogP contribution >= 0.6 is 0 Å². The number of nitrogens with one attached hydrogen (secondary N) is 2. The number of fused-ring (bicyclic) bond motifs is 3. The third kappa shape index (κ3) is 15.5. The SMILES string of the molecule is COc1cc2ncnc(N3CCN(c4ncc(Cc5ccccc5)c(N)n4)CC3)c2cc1OC.COc1cc2ncnc(N3CCN(c4ncc(Nc5ccc(C)cc5)cn4)CC3)c2cc1OC.COc1cc2ncnc(N3CCN(c4ncc(Nc5ccccc5)cn4)[C@H](C)C3)c2cc1OC. The number of ether oxygens (including phenoxy) is 6. The van der Waals surface area contributed by atoms with Crippen LogP contribution in [-0.2, 0) is 6.42 Å². The van der Waals surface area contributed by atoms with Gasteiger partial charge in [0.1, 0.15) is 42.3 Å². The summed E-state index contributed by atoms with van der Waals surface area (Å²) in [7, 11) is 9.76. The van der Waals surface area contributed by atoms with Crippen LogP contribution in [-0.4, -0.2) is 181 Å². The van der Waals surface area contributed by atoms with Crippen molar-refractivity contribution in [1.29, 1.82) is 0 Å². The van der Waals surface area contributed by atoms with E-state index in [2.05, 4.69) is 138 Å². The second-order valence-electron chi connectivity index (χ2n) is 24.5. The summed E-state index contributed by atoms with van der Waals surface area (Å²) in [6.07, 6.45) is 14.6. The fraction of sp³-hybridized carbons (Fsp3) is 0.280. The van der Waals surface area contributed by atoms with Gasteiger partial charge >= 0.3 is 0 Å². The molecule has 0 unspecified atom stereocenters. The molecule has 15 rings (SSSR count). The van der Waals surface area contributed by atoms with Crippen LogP contribution in [0.2, 0.25) is 0 Å². The molecule has 0 bridgehead atoms. The first kappa shape index (κ1) is 68.1. The van der Waals surface area contributed by atoms with E-state index in [0.29, 0.717) is 46.3 Å². The van der Waals surface area contributed by atoms with Gasteiger partial charge < -0.3 is 74.2 Å². The van der Waals surface area contributed by atoms with Crippen molar-refractivity contribution >= 4 is 96.6 Å². The maximum absolute atomic E-state index is 6.28. The van der Waals surface area contributed by atoms with Crippen LogP contribution in [0, 0.1) is 6.92 Å². The lowest BCUT2D eigenvalue weighted by Gasteiger charge is -2.40. The number of nitrogens with two attached hydrogens (primary N) is 1. The Hall–Kier alpha value is -12.4. The summed E-state index contributed by atoms with van der Waals surface area (Å²) in [4.78, 5) is 68.0. The number of piperazine rings is 3. The van der Waals surface area contributed by atoms with E-state index in [1.165, 1.54) is 11.1 Å². The van der Waals surface area contributed by atoms with Crippen LogP contribution in [0.1, 0.15) is 23.6 Å². The van der Waals surface area contributed by atoms with Gasteiger partial charge in [0.2, 0.25) is 17.8 Å². The number of hydrogen-bond acceptors (Lipinski definition) is 27. The average Bonchev–Trinajstić information content (AvgIpc) is 0.791. The molecular formula is C75H81N21O6. The first-order valence-corrected chi connectivity index (χ1v) is 33.5. The predicted octanol–water partition coefficient (Wildman–Crippen LogP) is 10.6. The first-order chi connectivity index (χ1) is 50.0. The zero-order valence-electron chi connectivity index (χ0n) is 58.3. The summed E-state index contributed by atoms with van der Waals surface area (Å²) < 4.78 is 32.7. The molecule has 27 heteroatoms. The van der Waals surface area contributed by atoms with Crippen molar-refractivity contribution in [2.45, 2.75) is 26.3 Å². The van der Waals surface area contributed by atoms with Crippen LogP contribution in [0.3, 0.4) is 0 Å². The van der Waals surface area contributed by atoms with Gasteiger partial charge in [-0.15, -0.1) is 0 Å². The molecule has 0 spiro atoms. The van der Waals surface area contributed by atoms with Crippen LogP contribution in [0.5, 0.6) is 34.5 Å². The molecule has 3 fully saturated rings. The molecule has 3 aliphatic rings. The first-order valence-electron chi connectivity index (χ1n) is 33.5. The molecule has 12 aromatic rings. The van der Waals surface area contributed by atoms with E-state index in [-0.39, 0.29) is 6.04 Å². The van der Waals surface area contributed by atoms with Gasteiger partial charge in [0.25, 0.3) is 0 Å². The van der Waals surface area contributed by atoms with Gasteiger partial charge in [-0.2, -0.15) is 4.98 Å². The fourth-order valence-electron chi connectivity index (χ4n) is 12.6. The van der Waals surface area contributed by atoms with Crippen molar-refractivity contribution in [1.82, 2.24) is 59.8 Å². The van der Waals surface area contributed by atoms with E-state index in [1.54, 1.807) is 61.6 Å². The summed E-state index contributed by atoms with van der Waals surface area (Å²) in [6, 6.07) is 40.1. The van der Waals surface area contributed by atoms with Crippen LogP contribution in [0.15, 0.2) is 171 Å². The van der Waals surface area contributed by atoms with E-state index in [0.717, 1.165) is 169 Å². The third-order valence-electron chi connectivity index (χ3n) is 18.1. The number of aryl methyl sites for hydroxylation is 1. The van der Waals surface area contributed by atoms with Gasteiger partial charge in [0, 0.05) is 142 Å². The van der Waals surface area contributed by atoms with Gasteiger partial charge in [0.05, 0.1) is 95.4 Å². The number of methoxy groups -OCH3 is 6. The van der Waals surface area contributed by atoms with Crippen molar-refractivity contribution in [3.8, 4) is 34.5 Å². The van der Waals surface area contributed by atoms with Crippen molar-refractivity contribution < 1.29 is 28.4 Å². The number of benzene rings is 6. The number of nitrogens with zero attached hydrogens (tertiary/aromatic N) is 18. The average molecular weight is 1370 g/mol. The maximum atomic E-state index is 6.28. The minimum absolute atomic E-state index is 0.201. The molecule has 102 heavy (non-hydrogen) atoms. The quantitative estimate of drug-likeness (QED) is 0.0720. The summed E-state index contributed by atoms with van der Waals surface area (Å²) in [5, 5.41) is 9.47. The molecule has 9 heterocycles.